The minimum absolute atomic E-state index is 0.0301. The maximum absolute atomic E-state index is 12.4. The highest BCUT2D eigenvalue weighted by Gasteiger charge is 2.38. The molecule has 1 aromatic rings. The fourth-order valence-electron chi connectivity index (χ4n) is 3.72. The molecule has 1 saturated carbocycles. The van der Waals surface area contributed by atoms with E-state index in [0.29, 0.717) is 11.8 Å². The lowest BCUT2D eigenvalue weighted by atomic mass is 9.78. The standard InChI is InChI=1S/C18H21N3O5/c1-10-4-3-5-15(11(10)2)19-16(22)9-20-17(23)13-7-6-12(21(25)26)8-14(13)18(20)24/h6-8,10-11,15H,3-5,9H2,1-2H3,(H,19,22)/t10-,11+,15+/m0/s1. The second-order valence-corrected chi connectivity index (χ2v) is 7.12. The summed E-state index contributed by atoms with van der Waals surface area (Å²) < 4.78 is 0. The third-order valence-corrected chi connectivity index (χ3v) is 5.52. The molecule has 0 saturated heterocycles. The van der Waals surface area contributed by atoms with Crippen molar-refractivity contribution in [3.8, 4) is 0 Å². The summed E-state index contributed by atoms with van der Waals surface area (Å²) in [7, 11) is 0. The Labute approximate surface area is 150 Å². The van der Waals surface area contributed by atoms with E-state index in [1.54, 1.807) is 0 Å². The van der Waals surface area contributed by atoms with Gasteiger partial charge in [0.05, 0.1) is 16.1 Å². The fourth-order valence-corrected chi connectivity index (χ4v) is 3.72. The number of carbonyl (C=O) groups excluding carboxylic acids is 3. The summed E-state index contributed by atoms with van der Waals surface area (Å²) in [6.45, 7) is 3.87. The van der Waals surface area contributed by atoms with Crippen molar-refractivity contribution in [3.63, 3.8) is 0 Å². The van der Waals surface area contributed by atoms with E-state index in [0.717, 1.165) is 30.2 Å². The Balaban J connectivity index is 1.70. The third kappa shape index (κ3) is 3.18. The second kappa shape index (κ2) is 6.86. The van der Waals surface area contributed by atoms with Crippen LogP contribution in [0.15, 0.2) is 18.2 Å². The first-order valence-electron chi connectivity index (χ1n) is 8.73. The molecule has 1 aliphatic heterocycles. The van der Waals surface area contributed by atoms with Gasteiger partial charge in [-0.15, -0.1) is 0 Å². The molecule has 1 aromatic carbocycles. The van der Waals surface area contributed by atoms with E-state index in [1.165, 1.54) is 12.1 Å². The molecule has 1 N–H and O–H groups in total. The molecule has 3 rings (SSSR count). The van der Waals surface area contributed by atoms with Crippen LogP contribution in [0.1, 0.15) is 53.8 Å². The van der Waals surface area contributed by atoms with Gasteiger partial charge in [-0.05, 0) is 24.3 Å². The first kappa shape index (κ1) is 18.0. The molecule has 0 spiro atoms. The van der Waals surface area contributed by atoms with Crippen molar-refractivity contribution in [2.24, 2.45) is 11.8 Å². The van der Waals surface area contributed by atoms with Gasteiger partial charge in [-0.1, -0.05) is 26.7 Å². The number of benzene rings is 1. The normalized spacial score (nSPS) is 25.2. The molecule has 1 fully saturated rings. The lowest BCUT2D eigenvalue weighted by Gasteiger charge is -2.34. The summed E-state index contributed by atoms with van der Waals surface area (Å²) in [5.41, 5.74) is -0.203. The monoisotopic (exact) mass is 359 g/mol. The van der Waals surface area contributed by atoms with Crippen molar-refractivity contribution < 1.29 is 19.3 Å². The molecule has 8 nitrogen and oxygen atoms in total. The van der Waals surface area contributed by atoms with Gasteiger partial charge in [0, 0.05) is 18.2 Å². The summed E-state index contributed by atoms with van der Waals surface area (Å²) in [4.78, 5) is 48.3. The van der Waals surface area contributed by atoms with Crippen LogP contribution in [0.5, 0.6) is 0 Å². The van der Waals surface area contributed by atoms with E-state index < -0.39 is 16.7 Å². The van der Waals surface area contributed by atoms with Crippen molar-refractivity contribution >= 4 is 23.4 Å². The molecule has 0 unspecified atom stereocenters. The Morgan fingerprint density at radius 3 is 2.62 bits per heavy atom. The van der Waals surface area contributed by atoms with Crippen LogP contribution >= 0.6 is 0 Å². The maximum Gasteiger partial charge on any atom is 0.270 e. The molecule has 0 aromatic heterocycles. The molecular formula is C18H21N3O5. The number of non-ortho nitro benzene ring substituents is 1. The number of imide groups is 1. The van der Waals surface area contributed by atoms with Gasteiger partial charge in [0.1, 0.15) is 6.54 Å². The first-order valence-corrected chi connectivity index (χ1v) is 8.73. The van der Waals surface area contributed by atoms with E-state index in [9.17, 15) is 24.5 Å². The van der Waals surface area contributed by atoms with Gasteiger partial charge in [0.2, 0.25) is 5.91 Å². The van der Waals surface area contributed by atoms with Gasteiger partial charge >= 0.3 is 0 Å². The third-order valence-electron chi connectivity index (χ3n) is 5.52. The number of fused-ring (bicyclic) bond motifs is 1. The zero-order chi connectivity index (χ0) is 19.0. The Bertz CT molecular complexity index is 791. The second-order valence-electron chi connectivity index (χ2n) is 7.12. The number of nitro benzene ring substituents is 1. The van der Waals surface area contributed by atoms with E-state index in [-0.39, 0.29) is 35.3 Å². The highest BCUT2D eigenvalue weighted by Crippen LogP contribution is 2.30. The molecule has 138 valence electrons. The number of nitrogens with one attached hydrogen (secondary N) is 1. The smallest absolute Gasteiger partial charge is 0.270 e. The average Bonchev–Trinajstić information content (AvgIpc) is 2.83. The predicted octanol–water partition coefficient (Wildman–Crippen LogP) is 2.13. The molecule has 1 aliphatic carbocycles. The molecule has 0 bridgehead atoms. The number of hydrogen-bond donors (Lipinski definition) is 1. The Hall–Kier alpha value is -2.77. The Morgan fingerprint density at radius 2 is 1.92 bits per heavy atom. The van der Waals surface area contributed by atoms with E-state index in [4.69, 9.17) is 0 Å². The Morgan fingerprint density at radius 1 is 1.23 bits per heavy atom. The summed E-state index contributed by atoms with van der Waals surface area (Å²) in [6, 6.07) is 3.55. The largest absolute Gasteiger partial charge is 0.352 e. The molecule has 1 heterocycles. The van der Waals surface area contributed by atoms with Gasteiger partial charge in [0.15, 0.2) is 0 Å². The van der Waals surface area contributed by atoms with Crippen LogP contribution in [-0.2, 0) is 4.79 Å². The topological polar surface area (TPSA) is 110 Å². The lowest BCUT2D eigenvalue weighted by Crippen LogP contribution is -2.48. The molecule has 0 radical (unpaired) electrons. The summed E-state index contributed by atoms with van der Waals surface area (Å²) in [5, 5.41) is 13.8. The van der Waals surface area contributed by atoms with Crippen molar-refractivity contribution in [3.05, 3.63) is 39.4 Å². The molecule has 8 heteroatoms. The minimum atomic E-state index is -0.672. The summed E-state index contributed by atoms with van der Waals surface area (Å²) in [6.07, 6.45) is 3.05. The molecular weight excluding hydrogens is 338 g/mol. The number of hydrogen-bond acceptors (Lipinski definition) is 5. The molecule has 26 heavy (non-hydrogen) atoms. The van der Waals surface area contributed by atoms with Gasteiger partial charge in [0.25, 0.3) is 17.5 Å². The van der Waals surface area contributed by atoms with Crippen molar-refractivity contribution in [2.45, 2.75) is 39.2 Å². The van der Waals surface area contributed by atoms with Crippen molar-refractivity contribution in [2.75, 3.05) is 6.54 Å². The number of nitro groups is 1. The van der Waals surface area contributed by atoms with Gasteiger partial charge in [-0.2, -0.15) is 0 Å². The van der Waals surface area contributed by atoms with E-state index in [1.807, 2.05) is 0 Å². The van der Waals surface area contributed by atoms with Crippen LogP contribution in [0.25, 0.3) is 0 Å². The fraction of sp³-hybridized carbons (Fsp3) is 0.500. The maximum atomic E-state index is 12.4. The number of rotatable bonds is 4. The minimum Gasteiger partial charge on any atom is -0.352 e. The number of amides is 3. The van der Waals surface area contributed by atoms with Gasteiger partial charge in [-0.3, -0.25) is 29.4 Å². The molecule has 3 amide bonds. The van der Waals surface area contributed by atoms with Crippen LogP contribution < -0.4 is 5.32 Å². The quantitative estimate of drug-likeness (QED) is 0.503. The summed E-state index contributed by atoms with van der Waals surface area (Å²) in [5.74, 6) is -0.819. The molecule has 3 atom stereocenters. The average molecular weight is 359 g/mol. The summed E-state index contributed by atoms with van der Waals surface area (Å²) >= 11 is 0. The zero-order valence-electron chi connectivity index (χ0n) is 14.7. The van der Waals surface area contributed by atoms with Crippen LogP contribution in [-0.4, -0.2) is 40.1 Å². The Kier molecular flexibility index (Phi) is 4.76. The van der Waals surface area contributed by atoms with Gasteiger partial charge < -0.3 is 5.32 Å². The predicted molar refractivity (Wildman–Crippen MR) is 92.6 cm³/mol. The van der Waals surface area contributed by atoms with E-state index >= 15 is 0 Å². The SMILES string of the molecule is C[C@@H]1[C@@H](C)CCC[C@H]1NC(=O)CN1C(=O)c2ccc([N+](=O)[O-])cc2C1=O. The molecule has 2 aliphatic rings. The lowest BCUT2D eigenvalue weighted by molar-refractivity contribution is -0.384. The van der Waals surface area contributed by atoms with Crippen LogP contribution in [0.3, 0.4) is 0 Å². The van der Waals surface area contributed by atoms with Crippen molar-refractivity contribution in [1.82, 2.24) is 10.2 Å². The van der Waals surface area contributed by atoms with Crippen molar-refractivity contribution in [1.29, 1.82) is 0 Å². The highest BCUT2D eigenvalue weighted by molar-refractivity contribution is 6.22. The first-order chi connectivity index (χ1) is 12.3. The highest BCUT2D eigenvalue weighted by atomic mass is 16.6. The number of carbonyl (C=O) groups is 3. The van der Waals surface area contributed by atoms with Gasteiger partial charge in [-0.25, -0.2) is 0 Å². The zero-order valence-corrected chi connectivity index (χ0v) is 14.7. The van der Waals surface area contributed by atoms with Crippen LogP contribution in [0.4, 0.5) is 5.69 Å². The van der Waals surface area contributed by atoms with E-state index in [2.05, 4.69) is 19.2 Å². The van der Waals surface area contributed by atoms with Crippen LogP contribution in [0.2, 0.25) is 0 Å². The van der Waals surface area contributed by atoms with Crippen LogP contribution in [0, 0.1) is 22.0 Å². The number of nitrogens with zero attached hydrogens (tertiary/aromatic N) is 2.